The fourth-order valence-corrected chi connectivity index (χ4v) is 4.18. The highest BCUT2D eigenvalue weighted by Gasteiger charge is 2.40. The molecule has 1 aliphatic heterocycles. The van der Waals surface area contributed by atoms with Gasteiger partial charge in [0, 0.05) is 28.2 Å². The molecule has 4 N–H and O–H groups in total. The van der Waals surface area contributed by atoms with E-state index in [9.17, 15) is 9.59 Å². The Morgan fingerprint density at radius 2 is 2.03 bits per heavy atom. The molecule has 1 aliphatic carbocycles. The largest absolute Gasteiger partial charge is 0.324 e. The third-order valence-electron chi connectivity index (χ3n) is 5.58. The van der Waals surface area contributed by atoms with E-state index in [0.717, 1.165) is 25.0 Å². The number of benzene rings is 1. The molecule has 2 aliphatic rings. The maximum atomic E-state index is 12.6. The van der Waals surface area contributed by atoms with Gasteiger partial charge in [0.1, 0.15) is 5.82 Å². The molecular formula is C21H27ClN6O2. The lowest BCUT2D eigenvalue weighted by Gasteiger charge is -2.34. The van der Waals surface area contributed by atoms with E-state index in [2.05, 4.69) is 42.0 Å². The number of anilines is 2. The summed E-state index contributed by atoms with van der Waals surface area (Å²) in [6, 6.07) is 8.47. The number of hydrogen-bond donors (Lipinski definition) is 4. The molecule has 3 amide bonds. The van der Waals surface area contributed by atoms with E-state index in [1.165, 1.54) is 0 Å². The minimum atomic E-state index is -0.519. The Balaban J connectivity index is 1.58. The van der Waals surface area contributed by atoms with E-state index in [0.29, 0.717) is 16.5 Å². The summed E-state index contributed by atoms with van der Waals surface area (Å²) in [5.74, 6) is 0.526. The predicted molar refractivity (Wildman–Crippen MR) is 116 cm³/mol. The van der Waals surface area contributed by atoms with Crippen molar-refractivity contribution in [2.75, 3.05) is 10.6 Å². The molecule has 0 spiro atoms. The Hall–Kier alpha value is -2.58. The minimum Gasteiger partial charge on any atom is -0.322 e. The molecule has 1 saturated carbocycles. The van der Waals surface area contributed by atoms with E-state index in [4.69, 9.17) is 16.7 Å². The first kappa shape index (κ1) is 20.7. The highest BCUT2D eigenvalue weighted by molar-refractivity contribution is 6.30. The molecule has 0 radical (unpaired) electrons. The number of aromatic nitrogens is 2. The van der Waals surface area contributed by atoms with Gasteiger partial charge in [0.15, 0.2) is 6.29 Å². The van der Waals surface area contributed by atoms with Gasteiger partial charge in [0.2, 0.25) is 5.91 Å². The molecule has 4 rings (SSSR count). The summed E-state index contributed by atoms with van der Waals surface area (Å²) in [5.41, 5.74) is 1.17. The van der Waals surface area contributed by atoms with Crippen LogP contribution in [0.5, 0.6) is 0 Å². The molecular weight excluding hydrogens is 404 g/mol. The molecule has 160 valence electrons. The molecule has 1 saturated heterocycles. The lowest BCUT2D eigenvalue weighted by Crippen LogP contribution is -2.57. The van der Waals surface area contributed by atoms with Crippen LogP contribution in [0.1, 0.15) is 52.0 Å². The summed E-state index contributed by atoms with van der Waals surface area (Å²) >= 11 is 5.99. The van der Waals surface area contributed by atoms with Gasteiger partial charge in [-0.1, -0.05) is 44.9 Å². The SMILES string of the molecule is CC(C)(C)c1cc(NC(=O)Nc2cccc(Cl)c2)n(C2NC(=O)C3CCCC3N2)n1. The first-order chi connectivity index (χ1) is 14.2. The number of fused-ring (bicyclic) bond motifs is 1. The smallest absolute Gasteiger partial charge is 0.322 e. The molecule has 9 heteroatoms. The molecule has 3 atom stereocenters. The number of urea groups is 1. The number of rotatable bonds is 3. The second-order valence-electron chi connectivity index (χ2n) is 8.92. The van der Waals surface area contributed by atoms with Crippen LogP contribution >= 0.6 is 11.6 Å². The Labute approximate surface area is 180 Å². The number of amides is 3. The van der Waals surface area contributed by atoms with Gasteiger partial charge in [-0.25, -0.2) is 9.48 Å². The van der Waals surface area contributed by atoms with Crippen molar-refractivity contribution in [3.63, 3.8) is 0 Å². The van der Waals surface area contributed by atoms with Gasteiger partial charge in [0.25, 0.3) is 0 Å². The fraction of sp³-hybridized carbons (Fsp3) is 0.476. The third kappa shape index (κ3) is 4.29. The van der Waals surface area contributed by atoms with Gasteiger partial charge >= 0.3 is 6.03 Å². The van der Waals surface area contributed by atoms with E-state index < -0.39 is 12.3 Å². The Morgan fingerprint density at radius 1 is 1.23 bits per heavy atom. The molecule has 2 aromatic rings. The summed E-state index contributed by atoms with van der Waals surface area (Å²) < 4.78 is 1.64. The summed E-state index contributed by atoms with van der Waals surface area (Å²) in [4.78, 5) is 25.2. The normalized spacial score (nSPS) is 23.6. The molecule has 2 heterocycles. The second kappa shape index (κ2) is 7.92. The van der Waals surface area contributed by atoms with Crippen LogP contribution in [0.3, 0.4) is 0 Å². The van der Waals surface area contributed by atoms with E-state index in [1.54, 1.807) is 28.9 Å². The van der Waals surface area contributed by atoms with Crippen molar-refractivity contribution in [3.8, 4) is 0 Å². The van der Waals surface area contributed by atoms with Crippen LogP contribution < -0.4 is 21.3 Å². The van der Waals surface area contributed by atoms with Crippen molar-refractivity contribution in [2.24, 2.45) is 5.92 Å². The average molecular weight is 431 g/mol. The van der Waals surface area contributed by atoms with Gasteiger partial charge in [-0.3, -0.25) is 15.4 Å². The van der Waals surface area contributed by atoms with Gasteiger partial charge in [-0.2, -0.15) is 5.10 Å². The van der Waals surface area contributed by atoms with Gasteiger partial charge in [-0.05, 0) is 31.0 Å². The number of halogens is 1. The molecule has 8 nitrogen and oxygen atoms in total. The van der Waals surface area contributed by atoms with E-state index in [-0.39, 0.29) is 23.3 Å². The second-order valence-corrected chi connectivity index (χ2v) is 9.36. The molecule has 30 heavy (non-hydrogen) atoms. The van der Waals surface area contributed by atoms with Crippen LogP contribution in [0.25, 0.3) is 0 Å². The zero-order valence-electron chi connectivity index (χ0n) is 17.3. The highest BCUT2D eigenvalue weighted by Crippen LogP contribution is 2.32. The monoisotopic (exact) mass is 430 g/mol. The number of nitrogens with one attached hydrogen (secondary N) is 4. The molecule has 3 unspecified atom stereocenters. The van der Waals surface area contributed by atoms with Gasteiger partial charge in [0.05, 0.1) is 11.6 Å². The zero-order valence-corrected chi connectivity index (χ0v) is 18.1. The fourth-order valence-electron chi connectivity index (χ4n) is 3.99. The van der Waals surface area contributed by atoms with Crippen LogP contribution in [0, 0.1) is 5.92 Å². The van der Waals surface area contributed by atoms with Crippen LogP contribution in [0.15, 0.2) is 30.3 Å². The molecule has 2 fully saturated rings. The average Bonchev–Trinajstić information content (AvgIpc) is 3.28. The van der Waals surface area contributed by atoms with Crippen LogP contribution in [-0.4, -0.2) is 27.8 Å². The molecule has 1 aromatic heterocycles. The third-order valence-corrected chi connectivity index (χ3v) is 5.81. The lowest BCUT2D eigenvalue weighted by atomic mass is 9.92. The van der Waals surface area contributed by atoms with Crippen molar-refractivity contribution in [1.29, 1.82) is 0 Å². The standard InChI is InChI=1S/C21H27ClN6O2/c1-21(2,3)16-11-17(25-20(30)23-13-7-4-6-12(22)10-13)28(27-16)19-24-15-9-5-8-14(15)18(29)26-19/h4,6-7,10-11,14-15,19,24H,5,8-9H2,1-3H3,(H,26,29)(H2,23,25,30). The number of carbonyl (C=O) groups excluding carboxylic acids is 2. The number of hydrogen-bond acceptors (Lipinski definition) is 4. The maximum Gasteiger partial charge on any atom is 0.324 e. The predicted octanol–water partition coefficient (Wildman–Crippen LogP) is 3.82. The highest BCUT2D eigenvalue weighted by atomic mass is 35.5. The van der Waals surface area contributed by atoms with Gasteiger partial charge < -0.3 is 10.6 Å². The lowest BCUT2D eigenvalue weighted by molar-refractivity contribution is -0.130. The summed E-state index contributed by atoms with van der Waals surface area (Å²) in [6.07, 6.45) is 2.37. The van der Waals surface area contributed by atoms with Crippen LogP contribution in [0.2, 0.25) is 5.02 Å². The summed E-state index contributed by atoms with van der Waals surface area (Å²) in [6.45, 7) is 6.15. The van der Waals surface area contributed by atoms with Crippen molar-refractivity contribution in [1.82, 2.24) is 20.4 Å². The number of nitrogens with zero attached hydrogens (tertiary/aromatic N) is 2. The van der Waals surface area contributed by atoms with Gasteiger partial charge in [-0.15, -0.1) is 0 Å². The van der Waals surface area contributed by atoms with E-state index in [1.807, 2.05) is 6.07 Å². The Kier molecular flexibility index (Phi) is 5.46. The molecule has 0 bridgehead atoms. The van der Waals surface area contributed by atoms with Crippen LogP contribution in [0.4, 0.5) is 16.3 Å². The van der Waals surface area contributed by atoms with Crippen molar-refractivity contribution in [2.45, 2.75) is 57.8 Å². The number of carbonyl (C=O) groups is 2. The zero-order chi connectivity index (χ0) is 21.5. The summed E-state index contributed by atoms with van der Waals surface area (Å²) in [7, 11) is 0. The first-order valence-electron chi connectivity index (χ1n) is 10.2. The van der Waals surface area contributed by atoms with Crippen molar-refractivity contribution in [3.05, 3.63) is 41.0 Å². The Morgan fingerprint density at radius 3 is 2.77 bits per heavy atom. The van der Waals surface area contributed by atoms with E-state index >= 15 is 0 Å². The maximum absolute atomic E-state index is 12.6. The molecule has 1 aromatic carbocycles. The first-order valence-corrected chi connectivity index (χ1v) is 10.6. The quantitative estimate of drug-likeness (QED) is 0.594. The Bertz CT molecular complexity index is 967. The van der Waals surface area contributed by atoms with Crippen LogP contribution in [-0.2, 0) is 10.2 Å². The topological polar surface area (TPSA) is 100 Å². The summed E-state index contributed by atoms with van der Waals surface area (Å²) in [5, 5.41) is 17.3. The van der Waals surface area contributed by atoms with Crippen molar-refractivity contribution >= 4 is 35.0 Å². The van der Waals surface area contributed by atoms with Crippen molar-refractivity contribution < 1.29 is 9.59 Å². The minimum absolute atomic E-state index is 0.00133.